The van der Waals surface area contributed by atoms with Crippen LogP contribution in [0.15, 0.2) is 24.3 Å². The van der Waals surface area contributed by atoms with Gasteiger partial charge in [-0.2, -0.15) is 0 Å². The molecule has 1 unspecified atom stereocenters. The molecule has 0 saturated heterocycles. The average molecular weight is 230 g/mol. The summed E-state index contributed by atoms with van der Waals surface area (Å²) in [4.78, 5) is 2.20. The van der Waals surface area contributed by atoms with Crippen molar-refractivity contribution in [2.75, 3.05) is 23.9 Å². The number of anilines is 1. The van der Waals surface area contributed by atoms with Crippen LogP contribution in [-0.2, 0) is 0 Å². The number of nitrogens with zero attached hydrogens (tertiary/aromatic N) is 1. The number of halogens is 2. The zero-order valence-corrected chi connectivity index (χ0v) is 9.97. The highest BCUT2D eigenvalue weighted by Gasteiger charge is 2.08. The molecule has 0 aliphatic heterocycles. The minimum atomic E-state index is -0.194. The van der Waals surface area contributed by atoms with Crippen LogP contribution < -0.4 is 4.90 Å². The molecule has 0 amide bonds. The first-order chi connectivity index (χ1) is 7.17. The normalized spacial score (nSPS) is 12.5. The lowest BCUT2D eigenvalue weighted by molar-refractivity contribution is 0.618. The maximum Gasteiger partial charge on any atom is 0.123 e. The van der Waals surface area contributed by atoms with Gasteiger partial charge in [-0.05, 0) is 37.1 Å². The highest BCUT2D eigenvalue weighted by atomic mass is 35.5. The van der Waals surface area contributed by atoms with E-state index in [2.05, 4.69) is 18.7 Å². The number of rotatable bonds is 5. The predicted octanol–water partition coefficient (Wildman–Crippen LogP) is 3.53. The molecule has 0 fully saturated rings. The van der Waals surface area contributed by atoms with Crippen LogP contribution in [0.1, 0.15) is 13.8 Å². The maximum atomic E-state index is 12.7. The van der Waals surface area contributed by atoms with Gasteiger partial charge in [-0.25, -0.2) is 4.39 Å². The van der Waals surface area contributed by atoms with Gasteiger partial charge in [-0.1, -0.05) is 6.92 Å². The minimum Gasteiger partial charge on any atom is -0.372 e. The molecule has 1 atom stereocenters. The van der Waals surface area contributed by atoms with E-state index in [1.807, 2.05) is 0 Å². The molecule has 1 aromatic rings. The summed E-state index contributed by atoms with van der Waals surface area (Å²) in [5, 5.41) is 0. The highest BCUT2D eigenvalue weighted by molar-refractivity contribution is 6.18. The van der Waals surface area contributed by atoms with E-state index < -0.39 is 0 Å². The van der Waals surface area contributed by atoms with Crippen molar-refractivity contribution >= 4 is 17.3 Å². The number of hydrogen-bond acceptors (Lipinski definition) is 1. The van der Waals surface area contributed by atoms with Gasteiger partial charge < -0.3 is 4.90 Å². The Labute approximate surface area is 95.8 Å². The molecule has 0 aliphatic rings. The number of hydrogen-bond donors (Lipinski definition) is 0. The van der Waals surface area contributed by atoms with Crippen molar-refractivity contribution < 1.29 is 4.39 Å². The van der Waals surface area contributed by atoms with Gasteiger partial charge in [-0.15, -0.1) is 11.6 Å². The Kier molecular flexibility index (Phi) is 4.89. The van der Waals surface area contributed by atoms with Crippen molar-refractivity contribution in [2.24, 2.45) is 5.92 Å². The van der Waals surface area contributed by atoms with E-state index in [9.17, 15) is 4.39 Å². The van der Waals surface area contributed by atoms with E-state index >= 15 is 0 Å². The summed E-state index contributed by atoms with van der Waals surface area (Å²) in [5.74, 6) is 0.898. The van der Waals surface area contributed by atoms with Crippen LogP contribution in [0, 0.1) is 11.7 Å². The molecule has 0 spiro atoms. The van der Waals surface area contributed by atoms with Gasteiger partial charge in [0.05, 0.1) is 0 Å². The molecule has 0 N–H and O–H groups in total. The van der Waals surface area contributed by atoms with Gasteiger partial charge in [0, 0.05) is 24.7 Å². The van der Waals surface area contributed by atoms with E-state index in [0.29, 0.717) is 11.8 Å². The second-order valence-corrected chi connectivity index (χ2v) is 4.08. The molecule has 84 valence electrons. The van der Waals surface area contributed by atoms with Gasteiger partial charge in [0.15, 0.2) is 0 Å². The van der Waals surface area contributed by atoms with Crippen molar-refractivity contribution in [3.05, 3.63) is 30.1 Å². The van der Waals surface area contributed by atoms with E-state index in [1.54, 1.807) is 12.1 Å². The zero-order chi connectivity index (χ0) is 11.3. The van der Waals surface area contributed by atoms with Gasteiger partial charge in [-0.3, -0.25) is 0 Å². The molecule has 15 heavy (non-hydrogen) atoms. The minimum absolute atomic E-state index is 0.194. The third-order valence-corrected chi connectivity index (χ3v) is 2.90. The largest absolute Gasteiger partial charge is 0.372 e. The van der Waals surface area contributed by atoms with Crippen LogP contribution in [0.2, 0.25) is 0 Å². The highest BCUT2D eigenvalue weighted by Crippen LogP contribution is 2.16. The second-order valence-electron chi connectivity index (χ2n) is 3.77. The number of alkyl halides is 1. The summed E-state index contributed by atoms with van der Waals surface area (Å²) in [6.45, 7) is 6.02. The fourth-order valence-corrected chi connectivity index (χ4v) is 1.59. The smallest absolute Gasteiger partial charge is 0.123 e. The van der Waals surface area contributed by atoms with E-state index in [-0.39, 0.29) is 5.82 Å². The van der Waals surface area contributed by atoms with Gasteiger partial charge in [0.25, 0.3) is 0 Å². The molecule has 1 nitrogen and oxygen atoms in total. The third kappa shape index (κ3) is 3.71. The monoisotopic (exact) mass is 229 g/mol. The molecule has 0 radical (unpaired) electrons. The van der Waals surface area contributed by atoms with Crippen LogP contribution >= 0.6 is 11.6 Å². The summed E-state index contributed by atoms with van der Waals surface area (Å²) >= 11 is 5.78. The van der Waals surface area contributed by atoms with Gasteiger partial charge >= 0.3 is 0 Å². The predicted molar refractivity (Wildman–Crippen MR) is 64.2 cm³/mol. The average Bonchev–Trinajstić information content (AvgIpc) is 2.27. The van der Waals surface area contributed by atoms with Crippen LogP contribution in [0.5, 0.6) is 0 Å². The first-order valence-electron chi connectivity index (χ1n) is 5.23. The lowest BCUT2D eigenvalue weighted by atomic mass is 10.2. The molecule has 0 saturated carbocycles. The van der Waals surface area contributed by atoms with Gasteiger partial charge in [0.1, 0.15) is 5.82 Å². The van der Waals surface area contributed by atoms with Crippen molar-refractivity contribution in [1.82, 2.24) is 0 Å². The first kappa shape index (κ1) is 12.3. The Hall–Kier alpha value is -0.760. The fourth-order valence-electron chi connectivity index (χ4n) is 1.49. The summed E-state index contributed by atoms with van der Waals surface area (Å²) in [6.07, 6.45) is 0. The molecule has 1 aromatic carbocycles. The summed E-state index contributed by atoms with van der Waals surface area (Å²) in [7, 11) is 0. The Morgan fingerprint density at radius 2 is 1.93 bits per heavy atom. The van der Waals surface area contributed by atoms with E-state index in [4.69, 9.17) is 11.6 Å². The second kappa shape index (κ2) is 5.96. The topological polar surface area (TPSA) is 3.24 Å². The lowest BCUT2D eigenvalue weighted by Gasteiger charge is -2.25. The zero-order valence-electron chi connectivity index (χ0n) is 9.21. The van der Waals surface area contributed by atoms with Crippen molar-refractivity contribution in [3.63, 3.8) is 0 Å². The number of benzene rings is 1. The van der Waals surface area contributed by atoms with Crippen LogP contribution in [0.25, 0.3) is 0 Å². The molecular formula is C12H17ClFN. The van der Waals surface area contributed by atoms with Crippen LogP contribution in [0.3, 0.4) is 0 Å². The first-order valence-corrected chi connectivity index (χ1v) is 5.77. The van der Waals surface area contributed by atoms with Crippen molar-refractivity contribution in [3.8, 4) is 0 Å². The van der Waals surface area contributed by atoms with E-state index in [0.717, 1.165) is 18.8 Å². The lowest BCUT2D eigenvalue weighted by Crippen LogP contribution is -2.28. The Bertz CT molecular complexity index is 286. The summed E-state index contributed by atoms with van der Waals surface area (Å²) < 4.78 is 12.7. The molecule has 1 rings (SSSR count). The van der Waals surface area contributed by atoms with E-state index in [1.165, 1.54) is 12.1 Å². The Morgan fingerprint density at radius 1 is 1.33 bits per heavy atom. The standard InChI is InChI=1S/C12H17ClFN/c1-3-15(9-10(2)8-13)12-6-4-11(14)5-7-12/h4-7,10H,3,8-9H2,1-2H3. The summed E-state index contributed by atoms with van der Waals surface area (Å²) in [6, 6.07) is 6.59. The maximum absolute atomic E-state index is 12.7. The molecule has 0 bridgehead atoms. The SMILES string of the molecule is CCN(CC(C)CCl)c1ccc(F)cc1. The fraction of sp³-hybridized carbons (Fsp3) is 0.500. The Balaban J connectivity index is 2.69. The van der Waals surface area contributed by atoms with Crippen LogP contribution in [-0.4, -0.2) is 19.0 Å². The van der Waals surface area contributed by atoms with Crippen molar-refractivity contribution in [2.45, 2.75) is 13.8 Å². The van der Waals surface area contributed by atoms with Crippen molar-refractivity contribution in [1.29, 1.82) is 0 Å². The quantitative estimate of drug-likeness (QED) is 0.699. The Morgan fingerprint density at radius 3 is 2.40 bits per heavy atom. The molecular weight excluding hydrogens is 213 g/mol. The molecule has 0 heterocycles. The van der Waals surface area contributed by atoms with Crippen LogP contribution in [0.4, 0.5) is 10.1 Å². The molecule has 0 aliphatic carbocycles. The third-order valence-electron chi connectivity index (χ3n) is 2.37. The molecule has 0 aromatic heterocycles. The molecule has 3 heteroatoms. The summed E-state index contributed by atoms with van der Waals surface area (Å²) in [5.41, 5.74) is 1.05. The van der Waals surface area contributed by atoms with Gasteiger partial charge in [0.2, 0.25) is 0 Å².